The topological polar surface area (TPSA) is 73.4 Å². The summed E-state index contributed by atoms with van der Waals surface area (Å²) in [5, 5.41) is 19.8. The van der Waals surface area contributed by atoms with E-state index in [1.807, 2.05) is 6.07 Å². The molecule has 0 aliphatic carbocycles. The Bertz CT molecular complexity index is 516. The van der Waals surface area contributed by atoms with Crippen molar-refractivity contribution < 1.29 is 4.92 Å². The Morgan fingerprint density at radius 3 is 2.63 bits per heavy atom. The van der Waals surface area contributed by atoms with Crippen LogP contribution in [0.4, 0.5) is 5.69 Å². The summed E-state index contributed by atoms with van der Waals surface area (Å²) in [5.74, 6) is 0. The second kappa shape index (κ2) is 5.78. The number of nitro benzene ring substituents is 1. The Balaban J connectivity index is 2.12. The molecule has 0 aromatic heterocycles. The molecule has 1 saturated heterocycles. The van der Waals surface area contributed by atoms with Gasteiger partial charge in [-0.15, -0.1) is 0 Å². The third-order valence-electron chi connectivity index (χ3n) is 3.41. The minimum absolute atomic E-state index is 0.0290. The Labute approximate surface area is 112 Å². The first-order chi connectivity index (χ1) is 9.10. The number of hydrogen-bond donors (Lipinski definition) is 0. The summed E-state index contributed by atoms with van der Waals surface area (Å²) in [6, 6.07) is 6.55. The minimum Gasteiger partial charge on any atom is -0.304 e. The van der Waals surface area contributed by atoms with Crippen LogP contribution in [0.1, 0.15) is 11.1 Å². The lowest BCUT2D eigenvalue weighted by molar-refractivity contribution is -0.384. The molecule has 2 rings (SSSR count). The van der Waals surface area contributed by atoms with Gasteiger partial charge < -0.3 is 4.90 Å². The minimum atomic E-state index is -0.472. The van der Waals surface area contributed by atoms with Gasteiger partial charge in [0.2, 0.25) is 0 Å². The van der Waals surface area contributed by atoms with Crippen molar-refractivity contribution in [3.63, 3.8) is 0 Å². The highest BCUT2D eigenvalue weighted by Crippen LogP contribution is 2.19. The van der Waals surface area contributed by atoms with E-state index in [9.17, 15) is 10.1 Å². The number of rotatable bonds is 3. The highest BCUT2D eigenvalue weighted by atomic mass is 16.6. The van der Waals surface area contributed by atoms with E-state index in [0.29, 0.717) is 12.1 Å². The molecule has 0 spiro atoms. The van der Waals surface area contributed by atoms with Crippen LogP contribution in [0.15, 0.2) is 18.2 Å². The van der Waals surface area contributed by atoms with Crippen molar-refractivity contribution in [3.05, 3.63) is 39.4 Å². The first kappa shape index (κ1) is 13.5. The highest BCUT2D eigenvalue weighted by Gasteiger charge is 2.17. The van der Waals surface area contributed by atoms with Crippen LogP contribution in [0.2, 0.25) is 0 Å². The van der Waals surface area contributed by atoms with Gasteiger partial charge in [0.15, 0.2) is 0 Å². The Kier molecular flexibility index (Phi) is 4.10. The van der Waals surface area contributed by atoms with Crippen molar-refractivity contribution in [2.45, 2.75) is 6.54 Å². The fourth-order valence-corrected chi connectivity index (χ4v) is 2.17. The molecular formula is C13H16N4O2. The predicted octanol–water partition coefficient (Wildman–Crippen LogP) is 1.21. The summed E-state index contributed by atoms with van der Waals surface area (Å²) in [7, 11) is 2.09. The molecule has 1 aliphatic heterocycles. The van der Waals surface area contributed by atoms with Gasteiger partial charge in [-0.1, -0.05) is 0 Å². The van der Waals surface area contributed by atoms with Gasteiger partial charge in [0.1, 0.15) is 0 Å². The molecule has 6 nitrogen and oxygen atoms in total. The lowest BCUT2D eigenvalue weighted by atomic mass is 10.1. The Hall–Kier alpha value is -1.97. The second-order valence-electron chi connectivity index (χ2n) is 4.79. The molecule has 0 unspecified atom stereocenters. The van der Waals surface area contributed by atoms with Crippen molar-refractivity contribution in [1.82, 2.24) is 9.80 Å². The molecule has 1 aromatic carbocycles. The van der Waals surface area contributed by atoms with Crippen molar-refractivity contribution >= 4 is 5.69 Å². The quantitative estimate of drug-likeness (QED) is 0.603. The number of piperazine rings is 1. The molecule has 1 aliphatic rings. The van der Waals surface area contributed by atoms with Gasteiger partial charge in [-0.25, -0.2) is 0 Å². The van der Waals surface area contributed by atoms with Gasteiger partial charge >= 0.3 is 0 Å². The molecule has 19 heavy (non-hydrogen) atoms. The average molecular weight is 260 g/mol. The van der Waals surface area contributed by atoms with Crippen LogP contribution in [0.5, 0.6) is 0 Å². The molecule has 100 valence electrons. The lowest BCUT2D eigenvalue weighted by Crippen LogP contribution is -2.43. The molecule has 1 heterocycles. The predicted molar refractivity (Wildman–Crippen MR) is 70.6 cm³/mol. The van der Waals surface area contributed by atoms with Gasteiger partial charge in [0, 0.05) is 44.9 Å². The number of non-ortho nitro benzene ring substituents is 1. The molecule has 1 aromatic rings. The van der Waals surface area contributed by atoms with Gasteiger partial charge in [-0.2, -0.15) is 5.26 Å². The first-order valence-corrected chi connectivity index (χ1v) is 6.18. The van der Waals surface area contributed by atoms with Crippen molar-refractivity contribution in [2.24, 2.45) is 0 Å². The number of benzene rings is 1. The van der Waals surface area contributed by atoms with E-state index < -0.39 is 4.92 Å². The zero-order chi connectivity index (χ0) is 13.8. The first-order valence-electron chi connectivity index (χ1n) is 6.18. The van der Waals surface area contributed by atoms with E-state index in [4.69, 9.17) is 5.26 Å². The molecule has 0 N–H and O–H groups in total. The summed E-state index contributed by atoms with van der Waals surface area (Å²) in [6.07, 6.45) is 0. The van der Waals surface area contributed by atoms with Crippen LogP contribution in [0.25, 0.3) is 0 Å². The molecule has 0 amide bonds. The Morgan fingerprint density at radius 2 is 2.05 bits per heavy atom. The second-order valence-corrected chi connectivity index (χ2v) is 4.79. The standard InChI is InChI=1S/C13H16N4O2/c1-15-4-6-16(7-5-15)10-11-2-3-13(17(18)19)8-12(11)9-14/h2-3,8H,4-7,10H2,1H3. The maximum absolute atomic E-state index is 10.7. The summed E-state index contributed by atoms with van der Waals surface area (Å²) in [4.78, 5) is 14.7. The van der Waals surface area contributed by atoms with Crippen LogP contribution < -0.4 is 0 Å². The number of likely N-dealkylation sites (N-methyl/N-ethyl adjacent to an activating group) is 1. The van der Waals surface area contributed by atoms with Crippen LogP contribution >= 0.6 is 0 Å². The molecular weight excluding hydrogens is 244 g/mol. The van der Waals surface area contributed by atoms with E-state index in [1.54, 1.807) is 6.07 Å². The maximum Gasteiger partial charge on any atom is 0.270 e. The fourth-order valence-electron chi connectivity index (χ4n) is 2.17. The third-order valence-corrected chi connectivity index (χ3v) is 3.41. The third kappa shape index (κ3) is 3.28. The van der Waals surface area contributed by atoms with Gasteiger partial charge in [0.25, 0.3) is 5.69 Å². The van der Waals surface area contributed by atoms with Crippen molar-refractivity contribution in [3.8, 4) is 6.07 Å². The molecule has 0 atom stereocenters. The summed E-state index contributed by atoms with van der Waals surface area (Å²) >= 11 is 0. The summed E-state index contributed by atoms with van der Waals surface area (Å²) in [6.45, 7) is 4.61. The lowest BCUT2D eigenvalue weighted by Gasteiger charge is -2.32. The van der Waals surface area contributed by atoms with Crippen LogP contribution in [0, 0.1) is 21.4 Å². The van der Waals surface area contributed by atoms with Crippen molar-refractivity contribution in [2.75, 3.05) is 33.2 Å². The van der Waals surface area contributed by atoms with E-state index >= 15 is 0 Å². The zero-order valence-corrected chi connectivity index (χ0v) is 10.9. The maximum atomic E-state index is 10.7. The van der Waals surface area contributed by atoms with Crippen LogP contribution in [0.3, 0.4) is 0 Å². The molecule has 0 bridgehead atoms. The normalized spacial score (nSPS) is 17.1. The van der Waals surface area contributed by atoms with E-state index in [-0.39, 0.29) is 5.69 Å². The van der Waals surface area contributed by atoms with E-state index in [1.165, 1.54) is 12.1 Å². The summed E-state index contributed by atoms with van der Waals surface area (Å²) in [5.41, 5.74) is 1.23. The highest BCUT2D eigenvalue weighted by molar-refractivity contribution is 5.46. The van der Waals surface area contributed by atoms with Crippen LogP contribution in [-0.4, -0.2) is 47.9 Å². The van der Waals surface area contributed by atoms with E-state index in [0.717, 1.165) is 31.7 Å². The smallest absolute Gasteiger partial charge is 0.270 e. The largest absolute Gasteiger partial charge is 0.304 e. The van der Waals surface area contributed by atoms with E-state index in [2.05, 4.69) is 16.8 Å². The molecule has 0 saturated carbocycles. The SMILES string of the molecule is CN1CCN(Cc2ccc([N+](=O)[O-])cc2C#N)CC1. The number of nitrogens with zero attached hydrogens (tertiary/aromatic N) is 4. The number of nitriles is 1. The number of hydrogen-bond acceptors (Lipinski definition) is 5. The van der Waals surface area contributed by atoms with Crippen LogP contribution in [-0.2, 0) is 6.54 Å². The number of nitro groups is 1. The summed E-state index contributed by atoms with van der Waals surface area (Å²) < 4.78 is 0. The van der Waals surface area contributed by atoms with Crippen molar-refractivity contribution in [1.29, 1.82) is 5.26 Å². The molecule has 1 fully saturated rings. The van der Waals surface area contributed by atoms with Gasteiger partial charge in [-0.3, -0.25) is 15.0 Å². The average Bonchev–Trinajstić information content (AvgIpc) is 2.41. The fraction of sp³-hybridized carbons (Fsp3) is 0.462. The Morgan fingerprint density at radius 1 is 1.37 bits per heavy atom. The van der Waals surface area contributed by atoms with Gasteiger partial charge in [-0.05, 0) is 18.7 Å². The monoisotopic (exact) mass is 260 g/mol. The molecule has 0 radical (unpaired) electrons. The zero-order valence-electron chi connectivity index (χ0n) is 10.9. The van der Waals surface area contributed by atoms with Gasteiger partial charge in [0.05, 0.1) is 16.6 Å². The molecule has 6 heteroatoms.